The van der Waals surface area contributed by atoms with Gasteiger partial charge in [-0.3, -0.25) is 9.56 Å². The highest BCUT2D eigenvalue weighted by molar-refractivity contribution is 6.04. The molecular formula is C21H24ClN5O. The van der Waals surface area contributed by atoms with Crippen molar-refractivity contribution >= 4 is 11.9 Å². The van der Waals surface area contributed by atoms with E-state index < -0.39 is 0 Å². The van der Waals surface area contributed by atoms with Crippen molar-refractivity contribution in [3.05, 3.63) is 71.9 Å². The zero-order chi connectivity index (χ0) is 19.3. The third-order valence-corrected chi connectivity index (χ3v) is 5.53. The van der Waals surface area contributed by atoms with Gasteiger partial charge in [0.2, 0.25) is 0 Å². The van der Waals surface area contributed by atoms with Crippen LogP contribution >= 0.6 is 11.9 Å². The van der Waals surface area contributed by atoms with Gasteiger partial charge in [0.05, 0.1) is 23.6 Å². The molecule has 5 rings (SSSR count). The van der Waals surface area contributed by atoms with Gasteiger partial charge in [-0.05, 0) is 5.56 Å². The summed E-state index contributed by atoms with van der Waals surface area (Å²) in [5.74, 6) is 0. The lowest BCUT2D eigenvalue weighted by molar-refractivity contribution is 0.308. The molecule has 1 aromatic heterocycles. The monoisotopic (exact) mass is 397 g/mol. The average molecular weight is 398 g/mol. The molecule has 0 saturated carbocycles. The topological polar surface area (TPSA) is 66.2 Å². The van der Waals surface area contributed by atoms with Crippen LogP contribution in [0, 0.1) is 0 Å². The van der Waals surface area contributed by atoms with Crippen molar-refractivity contribution in [3.8, 4) is 11.3 Å². The van der Waals surface area contributed by atoms with Crippen LogP contribution in [0.4, 0.5) is 0 Å². The maximum Gasteiger partial charge on any atom is 0.116 e. The molecule has 0 radical (unpaired) electrons. The molecule has 3 heterocycles. The number of hydrogen-bond donors (Lipinski definition) is 2. The van der Waals surface area contributed by atoms with Gasteiger partial charge in [0.1, 0.15) is 5.69 Å². The lowest BCUT2D eigenvalue weighted by Gasteiger charge is -2.17. The molecule has 7 heteroatoms. The van der Waals surface area contributed by atoms with Gasteiger partial charge in [-0.25, -0.2) is 4.68 Å². The second-order valence-electron chi connectivity index (χ2n) is 7.25. The first-order valence-corrected chi connectivity index (χ1v) is 9.88. The average Bonchev–Trinajstić information content (AvgIpc) is 3.31. The molecule has 3 aromatic rings. The van der Waals surface area contributed by atoms with Gasteiger partial charge in [0.25, 0.3) is 0 Å². The Kier molecular flexibility index (Phi) is 6.02. The minimum absolute atomic E-state index is 0.348. The van der Waals surface area contributed by atoms with E-state index in [1.165, 1.54) is 11.3 Å². The second-order valence-corrected chi connectivity index (χ2v) is 7.25. The molecule has 146 valence electrons. The van der Waals surface area contributed by atoms with Crippen molar-refractivity contribution in [1.82, 2.24) is 25.2 Å². The molecule has 0 amide bonds. The van der Waals surface area contributed by atoms with Crippen LogP contribution in [0.1, 0.15) is 17.3 Å². The normalized spacial score (nSPS) is 21.2. The fourth-order valence-corrected chi connectivity index (χ4v) is 4.29. The summed E-state index contributed by atoms with van der Waals surface area (Å²) in [5.41, 5.74) is 4.83. The van der Waals surface area contributed by atoms with Crippen LogP contribution in [0.15, 0.2) is 60.7 Å². The van der Waals surface area contributed by atoms with Crippen LogP contribution in [0.3, 0.4) is 0 Å². The van der Waals surface area contributed by atoms with Crippen LogP contribution in [0.5, 0.6) is 0 Å². The third-order valence-electron chi connectivity index (χ3n) is 5.53. The van der Waals surface area contributed by atoms with Crippen molar-refractivity contribution in [2.24, 2.45) is 0 Å². The highest BCUT2D eigenvalue weighted by atomic mass is 35.5. The molecule has 28 heavy (non-hydrogen) atoms. The Bertz CT molecular complexity index is 886. The Labute approximate surface area is 169 Å². The number of aromatic nitrogens is 3. The first-order valence-electron chi connectivity index (χ1n) is 9.54. The van der Waals surface area contributed by atoms with E-state index in [4.69, 9.17) is 4.66 Å². The summed E-state index contributed by atoms with van der Waals surface area (Å²) < 4.78 is 8.66. The number of rotatable bonds is 3. The van der Waals surface area contributed by atoms with E-state index in [0.29, 0.717) is 12.1 Å². The largest absolute Gasteiger partial charge is 0.310 e. The van der Waals surface area contributed by atoms with Crippen LogP contribution in [-0.2, 0) is 13.0 Å². The lowest BCUT2D eigenvalue weighted by atomic mass is 10.1. The number of likely N-dealkylation sites (tertiary alicyclic amines) is 1. The maximum absolute atomic E-state index is 6.47. The van der Waals surface area contributed by atoms with E-state index in [0.717, 1.165) is 43.9 Å². The summed E-state index contributed by atoms with van der Waals surface area (Å²) in [4.78, 5) is 2.52. The molecule has 2 aliphatic heterocycles. The number of nitrogens with zero attached hydrogens (tertiary/aromatic N) is 4. The number of benzene rings is 2. The van der Waals surface area contributed by atoms with E-state index in [1.54, 1.807) is 0 Å². The van der Waals surface area contributed by atoms with Crippen LogP contribution in [0.2, 0.25) is 0 Å². The summed E-state index contributed by atoms with van der Waals surface area (Å²) in [7, 11) is 0. The predicted molar refractivity (Wildman–Crippen MR) is 110 cm³/mol. The standard InChI is InChI=1S/C21H23N5.ClHO/c1-3-7-16(8-4-1)13-25-14-18-20(15-25)26-19(11-12-22-18)21(23-24-26)17-9-5-2-6-10-17;1-2/h1-10,18,20,22H,11-15H2;2H/t18-,20+;/m0./s1. The van der Waals surface area contributed by atoms with Gasteiger partial charge in [0.15, 0.2) is 0 Å². The lowest BCUT2D eigenvalue weighted by Crippen LogP contribution is -2.36. The summed E-state index contributed by atoms with van der Waals surface area (Å²) in [6, 6.07) is 21.9. The Morgan fingerprint density at radius 1 is 1.00 bits per heavy atom. The van der Waals surface area contributed by atoms with Gasteiger partial charge in [-0.15, -0.1) is 5.10 Å². The maximum atomic E-state index is 6.47. The van der Waals surface area contributed by atoms with Crippen molar-refractivity contribution in [1.29, 1.82) is 0 Å². The first-order chi connectivity index (χ1) is 13.9. The fourth-order valence-electron chi connectivity index (χ4n) is 4.29. The predicted octanol–water partition coefficient (Wildman–Crippen LogP) is 2.65. The summed E-state index contributed by atoms with van der Waals surface area (Å²) >= 11 is 3.64. The van der Waals surface area contributed by atoms with Crippen LogP contribution in [0.25, 0.3) is 11.3 Å². The first kappa shape index (κ1) is 19.1. The molecule has 2 atom stereocenters. The van der Waals surface area contributed by atoms with E-state index in [9.17, 15) is 0 Å². The molecule has 6 nitrogen and oxygen atoms in total. The summed E-state index contributed by atoms with van der Waals surface area (Å²) in [6.07, 6.45) is 0.975. The van der Waals surface area contributed by atoms with Gasteiger partial charge >= 0.3 is 0 Å². The van der Waals surface area contributed by atoms with Gasteiger partial charge < -0.3 is 5.32 Å². The number of nitrogens with one attached hydrogen (secondary N) is 1. The zero-order valence-corrected chi connectivity index (χ0v) is 16.3. The van der Waals surface area contributed by atoms with Crippen molar-refractivity contribution < 1.29 is 4.66 Å². The summed E-state index contributed by atoms with van der Waals surface area (Å²) in [6.45, 7) is 4.04. The van der Waals surface area contributed by atoms with E-state index in [-0.39, 0.29) is 0 Å². The quantitative estimate of drug-likeness (QED) is 0.711. The highest BCUT2D eigenvalue weighted by Gasteiger charge is 2.37. The van der Waals surface area contributed by atoms with Crippen molar-refractivity contribution in [2.45, 2.75) is 25.0 Å². The summed E-state index contributed by atoms with van der Waals surface area (Å²) in [5, 5.41) is 12.9. The number of halogens is 1. The zero-order valence-electron chi connectivity index (χ0n) is 15.6. The SMILES string of the molecule is OCl.c1ccc(CN2C[C@@H]3NCCc4c(-c5ccccc5)nnn4[C@@H]3C2)cc1. The molecule has 0 spiro atoms. The van der Waals surface area contributed by atoms with E-state index in [2.05, 4.69) is 91.7 Å². The van der Waals surface area contributed by atoms with Crippen LogP contribution < -0.4 is 5.32 Å². The van der Waals surface area contributed by atoms with E-state index in [1.807, 2.05) is 6.07 Å². The van der Waals surface area contributed by atoms with Crippen molar-refractivity contribution in [2.75, 3.05) is 19.6 Å². The van der Waals surface area contributed by atoms with Crippen molar-refractivity contribution in [3.63, 3.8) is 0 Å². The van der Waals surface area contributed by atoms with Crippen LogP contribution in [-0.4, -0.2) is 50.2 Å². The van der Waals surface area contributed by atoms with E-state index >= 15 is 0 Å². The molecule has 2 aromatic carbocycles. The Hall–Kier alpha value is -2.25. The van der Waals surface area contributed by atoms with Gasteiger partial charge in [-0.2, -0.15) is 0 Å². The third kappa shape index (κ3) is 3.82. The highest BCUT2D eigenvalue weighted by Crippen LogP contribution is 2.30. The Morgan fingerprint density at radius 2 is 1.71 bits per heavy atom. The molecule has 1 saturated heterocycles. The minimum Gasteiger partial charge on any atom is -0.310 e. The molecular weight excluding hydrogens is 374 g/mol. The molecule has 0 aliphatic carbocycles. The minimum atomic E-state index is 0.348. The van der Waals surface area contributed by atoms with Gasteiger partial charge in [0, 0.05) is 44.2 Å². The second kappa shape index (κ2) is 8.84. The number of hydrogen-bond acceptors (Lipinski definition) is 5. The molecule has 0 bridgehead atoms. The molecule has 2 N–H and O–H groups in total. The fraction of sp³-hybridized carbons (Fsp3) is 0.333. The molecule has 0 unspecified atom stereocenters. The molecule has 2 aliphatic rings. The Balaban J connectivity index is 0.000000932. The molecule has 1 fully saturated rings. The van der Waals surface area contributed by atoms with Gasteiger partial charge in [-0.1, -0.05) is 65.9 Å². The smallest absolute Gasteiger partial charge is 0.116 e. The Morgan fingerprint density at radius 3 is 2.46 bits per heavy atom. The number of fused-ring (bicyclic) bond motifs is 3.